The molecule has 2 aliphatic rings. The molecule has 1 aromatic heterocycles. The highest BCUT2D eigenvalue weighted by Gasteiger charge is 2.35. The van der Waals surface area contributed by atoms with Crippen LogP contribution in [0.2, 0.25) is 0 Å². The van der Waals surface area contributed by atoms with Crippen molar-refractivity contribution in [3.8, 4) is 0 Å². The second-order valence-corrected chi connectivity index (χ2v) is 8.26. The van der Waals surface area contributed by atoms with Gasteiger partial charge in [0.25, 0.3) is 0 Å². The van der Waals surface area contributed by atoms with E-state index < -0.39 is 10.0 Å². The van der Waals surface area contributed by atoms with E-state index in [9.17, 15) is 13.2 Å². The summed E-state index contributed by atoms with van der Waals surface area (Å²) < 4.78 is 30.1. The van der Waals surface area contributed by atoms with Crippen molar-refractivity contribution in [1.29, 1.82) is 0 Å². The molecule has 0 bridgehead atoms. The fourth-order valence-electron chi connectivity index (χ4n) is 2.79. The van der Waals surface area contributed by atoms with E-state index in [1.54, 1.807) is 0 Å². The standard InChI is InChI=1S/C14H22N4O4S/c1-23(20,21)18-8-2-3-11(18)14-16-13(22-17-14)7-6-12(19)15-9-10-4-5-10/h10-11H,2-9H2,1H3,(H,15,19). The molecule has 1 aliphatic carbocycles. The van der Waals surface area contributed by atoms with Gasteiger partial charge in [-0.2, -0.15) is 9.29 Å². The number of hydrogen-bond acceptors (Lipinski definition) is 6. The molecule has 1 amide bonds. The van der Waals surface area contributed by atoms with Crippen LogP contribution < -0.4 is 5.32 Å². The van der Waals surface area contributed by atoms with E-state index in [0.29, 0.717) is 43.4 Å². The third kappa shape index (κ3) is 4.29. The van der Waals surface area contributed by atoms with Gasteiger partial charge in [0, 0.05) is 25.9 Å². The summed E-state index contributed by atoms with van der Waals surface area (Å²) in [5, 5.41) is 6.79. The lowest BCUT2D eigenvalue weighted by Gasteiger charge is -2.18. The number of aryl methyl sites for hydroxylation is 1. The summed E-state index contributed by atoms with van der Waals surface area (Å²) >= 11 is 0. The fraction of sp³-hybridized carbons (Fsp3) is 0.786. The number of aromatic nitrogens is 2. The van der Waals surface area contributed by atoms with Crippen molar-refractivity contribution >= 4 is 15.9 Å². The van der Waals surface area contributed by atoms with Crippen molar-refractivity contribution < 1.29 is 17.7 Å². The van der Waals surface area contributed by atoms with Crippen LogP contribution in [0.4, 0.5) is 0 Å². The molecule has 128 valence electrons. The van der Waals surface area contributed by atoms with Crippen molar-refractivity contribution in [3.05, 3.63) is 11.7 Å². The molecular formula is C14H22N4O4S. The van der Waals surface area contributed by atoms with Gasteiger partial charge in [0.15, 0.2) is 5.82 Å². The number of rotatable bonds is 7. The van der Waals surface area contributed by atoms with Gasteiger partial charge in [0.05, 0.1) is 12.3 Å². The Morgan fingerprint density at radius 2 is 2.17 bits per heavy atom. The molecule has 1 N–H and O–H groups in total. The lowest BCUT2D eigenvalue weighted by atomic mass is 10.2. The first kappa shape index (κ1) is 16.4. The molecule has 1 saturated heterocycles. The van der Waals surface area contributed by atoms with Crippen molar-refractivity contribution in [2.75, 3.05) is 19.3 Å². The number of carbonyl (C=O) groups is 1. The van der Waals surface area contributed by atoms with Gasteiger partial charge in [0.2, 0.25) is 21.8 Å². The van der Waals surface area contributed by atoms with E-state index in [0.717, 1.165) is 13.0 Å². The van der Waals surface area contributed by atoms with Gasteiger partial charge in [-0.05, 0) is 31.6 Å². The molecule has 0 radical (unpaired) electrons. The average Bonchev–Trinajstić information content (AvgIpc) is 3.00. The second kappa shape index (κ2) is 6.56. The Hall–Kier alpha value is -1.48. The maximum atomic E-state index is 11.8. The number of sulfonamides is 1. The predicted octanol–water partition coefficient (Wildman–Crippen LogP) is 0.625. The Balaban J connectivity index is 1.54. The van der Waals surface area contributed by atoms with E-state index in [2.05, 4.69) is 15.5 Å². The van der Waals surface area contributed by atoms with Gasteiger partial charge in [0.1, 0.15) is 0 Å². The third-order valence-corrected chi connectivity index (χ3v) is 5.55. The molecule has 3 rings (SSSR count). The van der Waals surface area contributed by atoms with Gasteiger partial charge in [-0.3, -0.25) is 4.79 Å². The van der Waals surface area contributed by atoms with E-state index in [-0.39, 0.29) is 11.9 Å². The van der Waals surface area contributed by atoms with Gasteiger partial charge in [-0.15, -0.1) is 0 Å². The number of hydrogen-bond donors (Lipinski definition) is 1. The van der Waals surface area contributed by atoms with Gasteiger partial charge < -0.3 is 9.84 Å². The number of nitrogens with zero attached hydrogens (tertiary/aromatic N) is 3. The summed E-state index contributed by atoms with van der Waals surface area (Å²) in [6, 6.07) is -0.355. The molecule has 23 heavy (non-hydrogen) atoms. The quantitative estimate of drug-likeness (QED) is 0.779. The van der Waals surface area contributed by atoms with E-state index in [4.69, 9.17) is 4.52 Å². The van der Waals surface area contributed by atoms with Crippen LogP contribution in [0.25, 0.3) is 0 Å². The van der Waals surface area contributed by atoms with Crippen LogP contribution >= 0.6 is 0 Å². The Morgan fingerprint density at radius 3 is 2.87 bits per heavy atom. The lowest BCUT2D eigenvalue weighted by Crippen LogP contribution is -2.30. The van der Waals surface area contributed by atoms with E-state index in [1.807, 2.05) is 0 Å². The first-order valence-electron chi connectivity index (χ1n) is 7.99. The highest BCUT2D eigenvalue weighted by molar-refractivity contribution is 7.88. The zero-order valence-corrected chi connectivity index (χ0v) is 14.0. The number of carbonyl (C=O) groups excluding carboxylic acids is 1. The first-order valence-corrected chi connectivity index (χ1v) is 9.84. The maximum Gasteiger partial charge on any atom is 0.227 e. The Bertz CT molecular complexity index is 668. The zero-order chi connectivity index (χ0) is 16.4. The van der Waals surface area contributed by atoms with Crippen LogP contribution in [0, 0.1) is 5.92 Å². The smallest absolute Gasteiger partial charge is 0.227 e. The van der Waals surface area contributed by atoms with E-state index >= 15 is 0 Å². The largest absolute Gasteiger partial charge is 0.356 e. The number of nitrogens with one attached hydrogen (secondary N) is 1. The first-order chi connectivity index (χ1) is 10.9. The topological polar surface area (TPSA) is 105 Å². The van der Waals surface area contributed by atoms with Crippen LogP contribution in [-0.2, 0) is 21.2 Å². The molecule has 0 aromatic carbocycles. The van der Waals surface area contributed by atoms with Crippen LogP contribution in [0.1, 0.15) is 49.9 Å². The summed E-state index contributed by atoms with van der Waals surface area (Å²) in [4.78, 5) is 16.0. The lowest BCUT2D eigenvalue weighted by molar-refractivity contribution is -0.121. The Labute approximate surface area is 135 Å². The fourth-order valence-corrected chi connectivity index (χ4v) is 3.91. The zero-order valence-electron chi connectivity index (χ0n) is 13.2. The molecule has 2 fully saturated rings. The van der Waals surface area contributed by atoms with Crippen LogP contribution in [0.5, 0.6) is 0 Å². The second-order valence-electron chi connectivity index (χ2n) is 6.33. The Kier molecular flexibility index (Phi) is 4.67. The molecule has 1 aliphatic heterocycles. The van der Waals surface area contributed by atoms with Gasteiger partial charge >= 0.3 is 0 Å². The molecule has 2 heterocycles. The predicted molar refractivity (Wildman–Crippen MR) is 81.9 cm³/mol. The van der Waals surface area contributed by atoms with Crippen LogP contribution in [-0.4, -0.2) is 48.1 Å². The molecule has 1 saturated carbocycles. The monoisotopic (exact) mass is 342 g/mol. The minimum absolute atomic E-state index is 0.0183. The van der Waals surface area contributed by atoms with Crippen molar-refractivity contribution in [3.63, 3.8) is 0 Å². The summed E-state index contributed by atoms with van der Waals surface area (Å²) in [5.74, 6) is 1.40. The molecule has 1 atom stereocenters. The van der Waals surface area contributed by atoms with Crippen molar-refractivity contribution in [2.24, 2.45) is 5.92 Å². The van der Waals surface area contributed by atoms with E-state index in [1.165, 1.54) is 23.4 Å². The number of amides is 1. The van der Waals surface area contributed by atoms with Crippen molar-refractivity contribution in [2.45, 2.75) is 44.6 Å². The molecule has 9 heteroatoms. The summed E-state index contributed by atoms with van der Waals surface area (Å²) in [6.07, 6.45) is 5.73. The highest BCUT2D eigenvalue weighted by atomic mass is 32.2. The van der Waals surface area contributed by atoms with Crippen LogP contribution in [0.3, 0.4) is 0 Å². The Morgan fingerprint density at radius 1 is 1.39 bits per heavy atom. The summed E-state index contributed by atoms with van der Waals surface area (Å²) in [6.45, 7) is 1.23. The molecule has 1 unspecified atom stereocenters. The minimum Gasteiger partial charge on any atom is -0.356 e. The molecule has 8 nitrogen and oxygen atoms in total. The molecule has 1 aromatic rings. The maximum absolute atomic E-state index is 11.8. The van der Waals surface area contributed by atoms with Gasteiger partial charge in [-0.1, -0.05) is 5.16 Å². The average molecular weight is 342 g/mol. The normalized spacial score (nSPS) is 22.4. The highest BCUT2D eigenvalue weighted by Crippen LogP contribution is 2.32. The SMILES string of the molecule is CS(=O)(=O)N1CCCC1c1noc(CCC(=O)NCC2CC2)n1. The van der Waals surface area contributed by atoms with Crippen molar-refractivity contribution in [1.82, 2.24) is 19.8 Å². The minimum atomic E-state index is -3.28. The molecule has 0 spiro atoms. The van der Waals surface area contributed by atoms with Gasteiger partial charge in [-0.25, -0.2) is 8.42 Å². The van der Waals surface area contributed by atoms with Crippen LogP contribution in [0.15, 0.2) is 4.52 Å². The summed E-state index contributed by atoms with van der Waals surface area (Å²) in [5.41, 5.74) is 0. The third-order valence-electron chi connectivity index (χ3n) is 4.26. The molecular weight excluding hydrogens is 320 g/mol. The summed E-state index contributed by atoms with van der Waals surface area (Å²) in [7, 11) is -3.28.